The minimum absolute atomic E-state index is 0.101. The summed E-state index contributed by atoms with van der Waals surface area (Å²) in [5.74, 6) is -1.60. The molecule has 7 heteroatoms. The van der Waals surface area contributed by atoms with Crippen LogP contribution < -0.4 is 10.7 Å². The van der Waals surface area contributed by atoms with E-state index in [0.717, 1.165) is 0 Å². The maximum atomic E-state index is 12.0. The number of hydrazone groups is 1. The first-order valence-corrected chi connectivity index (χ1v) is 6.55. The molecule has 0 bridgehead atoms. The van der Waals surface area contributed by atoms with Crippen LogP contribution in [-0.4, -0.2) is 34.6 Å². The molecule has 0 radical (unpaired) electrons. The predicted molar refractivity (Wildman–Crippen MR) is 73.1 cm³/mol. The van der Waals surface area contributed by atoms with Crippen LogP contribution in [-0.2, 0) is 14.4 Å². The normalized spacial score (nSPS) is 16.9. The molecule has 0 spiro atoms. The molecular formula is C13H21N3O4. The Morgan fingerprint density at radius 3 is 2.50 bits per heavy atom. The van der Waals surface area contributed by atoms with Gasteiger partial charge in [0.25, 0.3) is 5.91 Å². The third-order valence-corrected chi connectivity index (χ3v) is 2.78. The van der Waals surface area contributed by atoms with Gasteiger partial charge in [0, 0.05) is 18.9 Å². The van der Waals surface area contributed by atoms with Crippen molar-refractivity contribution in [3.05, 3.63) is 0 Å². The summed E-state index contributed by atoms with van der Waals surface area (Å²) >= 11 is 0. The third kappa shape index (κ3) is 5.81. The maximum Gasteiger partial charge on any atom is 0.305 e. The van der Waals surface area contributed by atoms with Crippen LogP contribution in [0.1, 0.15) is 46.5 Å². The number of aliphatic carboxylic acids is 1. The molecule has 0 fully saturated rings. The minimum atomic E-state index is -0.960. The average molecular weight is 283 g/mol. The summed E-state index contributed by atoms with van der Waals surface area (Å²) in [4.78, 5) is 33.8. The molecule has 0 aromatic heterocycles. The molecule has 1 aliphatic heterocycles. The van der Waals surface area contributed by atoms with Gasteiger partial charge in [0.15, 0.2) is 0 Å². The summed E-state index contributed by atoms with van der Waals surface area (Å²) in [7, 11) is 0. The zero-order valence-corrected chi connectivity index (χ0v) is 12.0. The molecule has 20 heavy (non-hydrogen) atoms. The standard InChI is InChI=1S/C13H21N3O4/c1-13(2,3)7-8(6-11(18)19)14-12(20)9-4-5-10(17)16-15-9/h8H,4-7H2,1-3H3,(H,14,20)(H,16,17)(H,18,19). The van der Waals surface area contributed by atoms with E-state index in [1.165, 1.54) is 0 Å². The zero-order valence-electron chi connectivity index (χ0n) is 12.0. The number of carboxylic acid groups (broad SMARTS) is 1. The van der Waals surface area contributed by atoms with Crippen LogP contribution in [0.15, 0.2) is 5.10 Å². The van der Waals surface area contributed by atoms with Crippen molar-refractivity contribution in [3.8, 4) is 0 Å². The van der Waals surface area contributed by atoms with E-state index in [1.54, 1.807) is 0 Å². The highest BCUT2D eigenvalue weighted by atomic mass is 16.4. The Morgan fingerprint density at radius 1 is 1.40 bits per heavy atom. The molecule has 0 aromatic carbocycles. The summed E-state index contributed by atoms with van der Waals surface area (Å²) in [6.07, 6.45) is 0.898. The molecule has 3 N–H and O–H groups in total. The van der Waals surface area contributed by atoms with E-state index in [4.69, 9.17) is 5.11 Å². The van der Waals surface area contributed by atoms with Gasteiger partial charge >= 0.3 is 5.97 Å². The van der Waals surface area contributed by atoms with Crippen molar-refractivity contribution in [2.45, 2.75) is 52.5 Å². The minimum Gasteiger partial charge on any atom is -0.481 e. The average Bonchev–Trinajstić information content (AvgIpc) is 2.26. The highest BCUT2D eigenvalue weighted by molar-refractivity contribution is 6.39. The molecule has 0 saturated carbocycles. The molecule has 7 nitrogen and oxygen atoms in total. The van der Waals surface area contributed by atoms with E-state index < -0.39 is 17.9 Å². The Morgan fingerprint density at radius 2 is 2.05 bits per heavy atom. The van der Waals surface area contributed by atoms with E-state index in [0.29, 0.717) is 6.42 Å². The number of amides is 2. The molecule has 1 heterocycles. The monoisotopic (exact) mass is 283 g/mol. The van der Waals surface area contributed by atoms with Crippen LogP contribution in [0.3, 0.4) is 0 Å². The summed E-state index contributed by atoms with van der Waals surface area (Å²) in [6, 6.07) is -0.458. The number of rotatable bonds is 5. The van der Waals surface area contributed by atoms with Crippen molar-refractivity contribution >= 4 is 23.5 Å². The lowest BCUT2D eigenvalue weighted by atomic mass is 9.87. The molecule has 1 atom stereocenters. The van der Waals surface area contributed by atoms with Gasteiger partial charge in [0.05, 0.1) is 6.42 Å². The fourth-order valence-electron chi connectivity index (χ4n) is 2.03. The Kier molecular flexibility index (Phi) is 5.24. The third-order valence-electron chi connectivity index (χ3n) is 2.78. The zero-order chi connectivity index (χ0) is 15.3. The lowest BCUT2D eigenvalue weighted by Crippen LogP contribution is -2.44. The van der Waals surface area contributed by atoms with Gasteiger partial charge in [0.1, 0.15) is 5.71 Å². The molecular weight excluding hydrogens is 262 g/mol. The summed E-state index contributed by atoms with van der Waals surface area (Å²) < 4.78 is 0. The van der Waals surface area contributed by atoms with E-state index >= 15 is 0 Å². The Hall–Kier alpha value is -1.92. The van der Waals surface area contributed by atoms with Gasteiger partial charge in [-0.25, -0.2) is 5.43 Å². The van der Waals surface area contributed by atoms with Gasteiger partial charge in [-0.2, -0.15) is 5.10 Å². The van der Waals surface area contributed by atoms with Crippen LogP contribution in [0.5, 0.6) is 0 Å². The molecule has 0 aliphatic carbocycles. The second kappa shape index (κ2) is 6.49. The van der Waals surface area contributed by atoms with Crippen LogP contribution in [0, 0.1) is 5.41 Å². The van der Waals surface area contributed by atoms with Crippen molar-refractivity contribution in [2.24, 2.45) is 10.5 Å². The Labute approximate surface area is 117 Å². The number of carboxylic acids is 1. The molecule has 112 valence electrons. The van der Waals surface area contributed by atoms with Crippen LogP contribution in [0.2, 0.25) is 0 Å². The summed E-state index contributed by atoms with van der Waals surface area (Å²) in [6.45, 7) is 5.94. The van der Waals surface area contributed by atoms with E-state index in [2.05, 4.69) is 15.8 Å². The molecule has 0 saturated heterocycles. The van der Waals surface area contributed by atoms with Gasteiger partial charge < -0.3 is 10.4 Å². The highest BCUT2D eigenvalue weighted by Crippen LogP contribution is 2.22. The Balaban J connectivity index is 2.66. The lowest BCUT2D eigenvalue weighted by Gasteiger charge is -2.26. The highest BCUT2D eigenvalue weighted by Gasteiger charge is 2.25. The van der Waals surface area contributed by atoms with Crippen molar-refractivity contribution in [3.63, 3.8) is 0 Å². The van der Waals surface area contributed by atoms with E-state index in [9.17, 15) is 14.4 Å². The first kappa shape index (κ1) is 16.1. The molecule has 1 rings (SSSR count). The van der Waals surface area contributed by atoms with Gasteiger partial charge in [-0.15, -0.1) is 0 Å². The Bertz CT molecular complexity index is 437. The van der Waals surface area contributed by atoms with Gasteiger partial charge in [0.2, 0.25) is 5.91 Å². The van der Waals surface area contributed by atoms with Crippen LogP contribution in [0.4, 0.5) is 0 Å². The predicted octanol–water partition coefficient (Wildman–Crippen LogP) is 0.648. The van der Waals surface area contributed by atoms with Gasteiger partial charge in [-0.1, -0.05) is 20.8 Å². The molecule has 1 unspecified atom stereocenters. The van der Waals surface area contributed by atoms with Crippen molar-refractivity contribution < 1.29 is 19.5 Å². The molecule has 1 aliphatic rings. The van der Waals surface area contributed by atoms with Crippen LogP contribution >= 0.6 is 0 Å². The van der Waals surface area contributed by atoms with E-state index in [-0.39, 0.29) is 36.3 Å². The first-order chi connectivity index (χ1) is 9.17. The number of carbonyl (C=O) groups excluding carboxylic acids is 2. The second-order valence-corrected chi connectivity index (χ2v) is 6.13. The number of nitrogens with one attached hydrogen (secondary N) is 2. The number of nitrogens with zero attached hydrogens (tertiary/aromatic N) is 1. The van der Waals surface area contributed by atoms with Crippen molar-refractivity contribution in [1.82, 2.24) is 10.7 Å². The second-order valence-electron chi connectivity index (χ2n) is 6.13. The van der Waals surface area contributed by atoms with Gasteiger partial charge in [-0.3, -0.25) is 14.4 Å². The molecule has 0 aromatic rings. The SMILES string of the molecule is CC(C)(C)CC(CC(=O)O)NC(=O)C1=NNC(=O)CC1. The number of hydrogen-bond acceptors (Lipinski definition) is 4. The number of carbonyl (C=O) groups is 3. The van der Waals surface area contributed by atoms with E-state index in [1.807, 2.05) is 20.8 Å². The fourth-order valence-corrected chi connectivity index (χ4v) is 2.03. The number of hydrogen-bond donors (Lipinski definition) is 3. The topological polar surface area (TPSA) is 108 Å². The van der Waals surface area contributed by atoms with Crippen LogP contribution in [0.25, 0.3) is 0 Å². The van der Waals surface area contributed by atoms with Crippen molar-refractivity contribution in [1.29, 1.82) is 0 Å². The summed E-state index contributed by atoms with van der Waals surface area (Å²) in [5.41, 5.74) is 2.38. The van der Waals surface area contributed by atoms with Gasteiger partial charge in [-0.05, 0) is 11.8 Å². The summed E-state index contributed by atoms with van der Waals surface area (Å²) in [5, 5.41) is 15.3. The lowest BCUT2D eigenvalue weighted by molar-refractivity contribution is -0.137. The fraction of sp³-hybridized carbons (Fsp3) is 0.692. The first-order valence-electron chi connectivity index (χ1n) is 6.55. The smallest absolute Gasteiger partial charge is 0.305 e. The molecule has 2 amide bonds. The van der Waals surface area contributed by atoms with Crippen molar-refractivity contribution in [2.75, 3.05) is 0 Å². The maximum absolute atomic E-state index is 12.0. The largest absolute Gasteiger partial charge is 0.481 e. The quantitative estimate of drug-likeness (QED) is 0.688.